The van der Waals surface area contributed by atoms with Gasteiger partial charge < -0.3 is 4.90 Å². The molecular weight excluding hydrogens is 161 g/mol. The minimum absolute atomic E-state index is 0.574. The fourth-order valence-electron chi connectivity index (χ4n) is 0.775. The van der Waals surface area contributed by atoms with Gasteiger partial charge >= 0.3 is 0 Å². The predicted molar refractivity (Wildman–Crippen MR) is 47.8 cm³/mol. The van der Waals surface area contributed by atoms with E-state index < -0.39 is 0 Å². The van der Waals surface area contributed by atoms with Gasteiger partial charge in [0.2, 0.25) is 0 Å². The van der Waals surface area contributed by atoms with Crippen LogP contribution in [0.25, 0.3) is 0 Å². The Hall–Kier alpha value is -0.830. The van der Waals surface area contributed by atoms with Crippen molar-refractivity contribution in [2.45, 2.75) is 0 Å². The van der Waals surface area contributed by atoms with E-state index in [0.717, 1.165) is 5.00 Å². The minimum atomic E-state index is 0.574. The van der Waals surface area contributed by atoms with Crippen LogP contribution in [0.2, 0.25) is 0 Å². The van der Waals surface area contributed by atoms with Crippen molar-refractivity contribution in [2.24, 2.45) is 0 Å². The van der Waals surface area contributed by atoms with Gasteiger partial charge in [-0.2, -0.15) is 0 Å². The molecule has 3 heteroatoms. The summed E-state index contributed by atoms with van der Waals surface area (Å²) in [4.78, 5) is 1.99. The number of nitrogens with zero attached hydrogens (tertiary/aromatic N) is 1. The quantitative estimate of drug-likeness (QED) is 0.675. The van der Waals surface area contributed by atoms with Gasteiger partial charge in [-0.25, -0.2) is 4.39 Å². The van der Waals surface area contributed by atoms with E-state index in [1.165, 1.54) is 6.08 Å². The summed E-state index contributed by atoms with van der Waals surface area (Å²) in [5.41, 5.74) is 0. The van der Waals surface area contributed by atoms with Crippen molar-refractivity contribution in [3.63, 3.8) is 0 Å². The lowest BCUT2D eigenvalue weighted by Crippen LogP contribution is -2.14. The Labute approximate surface area is 69.8 Å². The van der Waals surface area contributed by atoms with Crippen molar-refractivity contribution < 1.29 is 4.39 Å². The van der Waals surface area contributed by atoms with E-state index >= 15 is 0 Å². The lowest BCUT2D eigenvalue weighted by atomic mass is 10.5. The van der Waals surface area contributed by atoms with Gasteiger partial charge in [0.25, 0.3) is 0 Å². The number of hydrogen-bond acceptors (Lipinski definition) is 2. The first kappa shape index (κ1) is 8.27. The van der Waals surface area contributed by atoms with Crippen LogP contribution in [0.1, 0.15) is 0 Å². The van der Waals surface area contributed by atoms with Crippen molar-refractivity contribution in [3.8, 4) is 0 Å². The van der Waals surface area contributed by atoms with Crippen LogP contribution in [-0.2, 0) is 0 Å². The maximum atomic E-state index is 11.6. The number of likely N-dealkylation sites (N-methyl/N-ethyl adjacent to an activating group) is 1. The first-order valence-electron chi connectivity index (χ1n) is 3.34. The standard InChI is InChI=1S/C8H10FNS/c1-10(6-3-5-9)8-4-2-7-11-8/h2-5,7H,6H2,1H3. The van der Waals surface area contributed by atoms with Crippen molar-refractivity contribution in [1.29, 1.82) is 0 Å². The second-order valence-corrected chi connectivity index (χ2v) is 3.12. The molecule has 0 aliphatic rings. The van der Waals surface area contributed by atoms with E-state index in [-0.39, 0.29) is 0 Å². The van der Waals surface area contributed by atoms with Gasteiger partial charge in [-0.3, -0.25) is 0 Å². The Morgan fingerprint density at radius 3 is 3.09 bits per heavy atom. The van der Waals surface area contributed by atoms with Crippen LogP contribution >= 0.6 is 11.3 Å². The van der Waals surface area contributed by atoms with Gasteiger partial charge in [0, 0.05) is 13.6 Å². The summed E-state index contributed by atoms with van der Waals surface area (Å²) in [5, 5.41) is 3.16. The van der Waals surface area contributed by atoms with Crippen LogP contribution < -0.4 is 4.90 Å². The summed E-state index contributed by atoms with van der Waals surface area (Å²) in [7, 11) is 1.94. The third-order valence-corrected chi connectivity index (χ3v) is 2.33. The number of hydrogen-bond donors (Lipinski definition) is 0. The molecule has 0 atom stereocenters. The summed E-state index contributed by atoms with van der Waals surface area (Å²) in [6.45, 7) is 0.622. The molecule has 1 aromatic heterocycles. The smallest absolute Gasteiger partial charge is 0.0908 e. The molecule has 60 valence electrons. The highest BCUT2D eigenvalue weighted by Crippen LogP contribution is 2.18. The van der Waals surface area contributed by atoms with Crippen LogP contribution in [-0.4, -0.2) is 13.6 Å². The van der Waals surface area contributed by atoms with Gasteiger partial charge in [-0.05, 0) is 23.6 Å². The third-order valence-electron chi connectivity index (χ3n) is 1.35. The molecule has 1 nitrogen and oxygen atoms in total. The number of anilines is 1. The van der Waals surface area contributed by atoms with Crippen LogP contribution in [0.15, 0.2) is 29.9 Å². The highest BCUT2D eigenvalue weighted by atomic mass is 32.1. The SMILES string of the molecule is CN(CC=CF)c1cccs1. The fourth-order valence-corrected chi connectivity index (χ4v) is 1.48. The van der Waals surface area contributed by atoms with E-state index in [0.29, 0.717) is 12.9 Å². The molecule has 0 N–H and O–H groups in total. The molecule has 0 radical (unpaired) electrons. The zero-order valence-corrected chi connectivity index (χ0v) is 7.14. The first-order valence-corrected chi connectivity index (χ1v) is 4.22. The van der Waals surface area contributed by atoms with Crippen LogP contribution in [0.4, 0.5) is 9.39 Å². The number of thiophene rings is 1. The fraction of sp³-hybridized carbons (Fsp3) is 0.250. The van der Waals surface area contributed by atoms with Crippen molar-refractivity contribution in [2.75, 3.05) is 18.5 Å². The van der Waals surface area contributed by atoms with Gasteiger partial charge in [0.15, 0.2) is 0 Å². The van der Waals surface area contributed by atoms with E-state index in [2.05, 4.69) is 0 Å². The van der Waals surface area contributed by atoms with E-state index in [9.17, 15) is 4.39 Å². The molecule has 1 aromatic rings. The van der Waals surface area contributed by atoms with Crippen LogP contribution in [0.5, 0.6) is 0 Å². The molecule has 0 saturated carbocycles. The average Bonchev–Trinajstić information content (AvgIpc) is 2.52. The summed E-state index contributed by atoms with van der Waals surface area (Å²) >= 11 is 1.65. The summed E-state index contributed by atoms with van der Waals surface area (Å²) in [5.74, 6) is 0. The molecule has 0 bridgehead atoms. The molecule has 0 amide bonds. The van der Waals surface area contributed by atoms with E-state index in [1.807, 2.05) is 29.5 Å². The maximum absolute atomic E-state index is 11.6. The monoisotopic (exact) mass is 171 g/mol. The third kappa shape index (κ3) is 2.35. The minimum Gasteiger partial charge on any atom is -0.363 e. The Bertz CT molecular complexity index is 218. The largest absolute Gasteiger partial charge is 0.363 e. The Morgan fingerprint density at radius 2 is 2.55 bits per heavy atom. The molecule has 11 heavy (non-hydrogen) atoms. The number of halogens is 1. The molecule has 0 saturated heterocycles. The molecule has 1 rings (SSSR count). The van der Waals surface area contributed by atoms with Gasteiger partial charge in [0.05, 0.1) is 11.3 Å². The molecule has 0 aliphatic heterocycles. The molecule has 0 aromatic carbocycles. The van der Waals surface area contributed by atoms with Crippen molar-refractivity contribution in [1.82, 2.24) is 0 Å². The summed E-state index contributed by atoms with van der Waals surface area (Å²) < 4.78 is 11.6. The maximum Gasteiger partial charge on any atom is 0.0908 e. The summed E-state index contributed by atoms with van der Waals surface area (Å²) in [6.07, 6.45) is 2.06. The second-order valence-electron chi connectivity index (χ2n) is 2.19. The van der Waals surface area contributed by atoms with Gasteiger partial charge in [0.1, 0.15) is 0 Å². The molecule has 1 heterocycles. The average molecular weight is 171 g/mol. The highest BCUT2D eigenvalue weighted by Gasteiger charge is 1.96. The Balaban J connectivity index is 2.49. The van der Waals surface area contributed by atoms with Crippen LogP contribution in [0, 0.1) is 0 Å². The van der Waals surface area contributed by atoms with Crippen LogP contribution in [0.3, 0.4) is 0 Å². The first-order chi connectivity index (χ1) is 5.34. The normalized spacial score (nSPS) is 10.7. The zero-order valence-electron chi connectivity index (χ0n) is 6.33. The highest BCUT2D eigenvalue weighted by molar-refractivity contribution is 7.14. The molecule has 0 unspecified atom stereocenters. The second kappa shape index (κ2) is 4.13. The Kier molecular flexibility index (Phi) is 3.11. The lowest BCUT2D eigenvalue weighted by molar-refractivity contribution is 0.716. The lowest BCUT2D eigenvalue weighted by Gasteiger charge is -2.13. The van der Waals surface area contributed by atoms with Gasteiger partial charge in [-0.15, -0.1) is 11.3 Å². The number of rotatable bonds is 3. The molecular formula is C8H10FNS. The summed E-state index contributed by atoms with van der Waals surface area (Å²) in [6, 6.07) is 3.99. The predicted octanol–water partition coefficient (Wildman–Crippen LogP) is 2.67. The molecule has 0 fully saturated rings. The topological polar surface area (TPSA) is 3.24 Å². The van der Waals surface area contributed by atoms with Gasteiger partial charge in [-0.1, -0.05) is 0 Å². The van der Waals surface area contributed by atoms with E-state index in [4.69, 9.17) is 0 Å². The van der Waals surface area contributed by atoms with Crippen molar-refractivity contribution >= 4 is 16.3 Å². The zero-order chi connectivity index (χ0) is 8.10. The Morgan fingerprint density at radius 1 is 1.73 bits per heavy atom. The molecule has 0 aliphatic carbocycles. The molecule has 0 spiro atoms. The van der Waals surface area contributed by atoms with E-state index in [1.54, 1.807) is 11.3 Å². The van der Waals surface area contributed by atoms with Crippen molar-refractivity contribution in [3.05, 3.63) is 29.9 Å².